The molecule has 16 heavy (non-hydrogen) atoms. The summed E-state index contributed by atoms with van der Waals surface area (Å²) >= 11 is 3.39. The van der Waals surface area contributed by atoms with E-state index in [9.17, 15) is 4.79 Å². The number of nitrogens with two attached hydrogens (primary N) is 1. The Morgan fingerprint density at radius 1 is 1.62 bits per heavy atom. The van der Waals surface area contributed by atoms with E-state index in [2.05, 4.69) is 25.9 Å². The molecule has 1 aromatic heterocycles. The highest BCUT2D eigenvalue weighted by Gasteiger charge is 2.31. The topological polar surface area (TPSA) is 81.3 Å². The number of carbonyl (C=O) groups excluding carboxylic acids is 1. The average Bonchev–Trinajstić information content (AvgIpc) is 2.57. The summed E-state index contributed by atoms with van der Waals surface area (Å²) in [6, 6.07) is 1.51. The summed E-state index contributed by atoms with van der Waals surface area (Å²) < 4.78 is 4.98. The standard InChI is InChI=1S/C9H11BrN4O2/c1-16-7-3-6(11)12-9(13-7)14-4-5(10)2-8(14)15/h3,5H,2,4H2,1H3,(H2,11,12,13). The van der Waals surface area contributed by atoms with Crippen molar-refractivity contribution in [2.45, 2.75) is 11.2 Å². The van der Waals surface area contributed by atoms with Gasteiger partial charge in [0.05, 0.1) is 7.11 Å². The largest absolute Gasteiger partial charge is 0.481 e. The number of methoxy groups -OCH3 is 1. The summed E-state index contributed by atoms with van der Waals surface area (Å²) in [7, 11) is 1.49. The molecule has 1 fully saturated rings. The van der Waals surface area contributed by atoms with Crippen LogP contribution >= 0.6 is 15.9 Å². The third-order valence-electron chi connectivity index (χ3n) is 2.24. The monoisotopic (exact) mass is 286 g/mol. The molecule has 1 atom stereocenters. The summed E-state index contributed by atoms with van der Waals surface area (Å²) in [6.07, 6.45) is 0.445. The van der Waals surface area contributed by atoms with Crippen molar-refractivity contribution in [2.75, 3.05) is 24.3 Å². The Hall–Kier alpha value is -1.37. The minimum absolute atomic E-state index is 0.0190. The Morgan fingerprint density at radius 3 is 2.94 bits per heavy atom. The molecule has 2 rings (SSSR count). The van der Waals surface area contributed by atoms with Crippen molar-refractivity contribution in [3.63, 3.8) is 0 Å². The van der Waals surface area contributed by atoms with Crippen molar-refractivity contribution in [3.05, 3.63) is 6.07 Å². The SMILES string of the molecule is COc1cc(N)nc(N2CC(Br)CC2=O)n1. The van der Waals surface area contributed by atoms with Gasteiger partial charge < -0.3 is 10.5 Å². The lowest BCUT2D eigenvalue weighted by molar-refractivity contribution is -0.117. The van der Waals surface area contributed by atoms with E-state index in [1.807, 2.05) is 0 Å². The molecule has 86 valence electrons. The van der Waals surface area contributed by atoms with Crippen LogP contribution in [0.2, 0.25) is 0 Å². The molecule has 0 radical (unpaired) electrons. The Balaban J connectivity index is 2.33. The number of carbonyl (C=O) groups is 1. The number of ether oxygens (including phenoxy) is 1. The Morgan fingerprint density at radius 2 is 2.38 bits per heavy atom. The van der Waals surface area contributed by atoms with E-state index in [0.29, 0.717) is 24.8 Å². The summed E-state index contributed by atoms with van der Waals surface area (Å²) in [5.41, 5.74) is 5.60. The maximum Gasteiger partial charge on any atom is 0.237 e. The number of hydrogen-bond acceptors (Lipinski definition) is 5. The molecule has 1 aromatic rings. The van der Waals surface area contributed by atoms with Crippen molar-refractivity contribution in [3.8, 4) is 5.88 Å². The molecule has 1 aliphatic heterocycles. The molecule has 1 amide bonds. The van der Waals surface area contributed by atoms with E-state index in [0.717, 1.165) is 0 Å². The van der Waals surface area contributed by atoms with Gasteiger partial charge >= 0.3 is 0 Å². The van der Waals surface area contributed by atoms with Crippen LogP contribution in [0.25, 0.3) is 0 Å². The van der Waals surface area contributed by atoms with Crippen LogP contribution in [-0.4, -0.2) is 34.4 Å². The molecular weight excluding hydrogens is 276 g/mol. The second-order valence-electron chi connectivity index (χ2n) is 3.44. The summed E-state index contributed by atoms with van der Waals surface area (Å²) in [6.45, 7) is 0.547. The van der Waals surface area contributed by atoms with Crippen molar-refractivity contribution >= 4 is 33.6 Å². The lowest BCUT2D eigenvalue weighted by Gasteiger charge is -2.14. The molecule has 1 aliphatic rings. The normalized spacial score (nSPS) is 20.2. The lowest BCUT2D eigenvalue weighted by Crippen LogP contribution is -2.27. The first-order valence-electron chi connectivity index (χ1n) is 4.73. The summed E-state index contributed by atoms with van der Waals surface area (Å²) in [5, 5.41) is 0. The second kappa shape index (κ2) is 4.25. The number of anilines is 2. The first-order chi connectivity index (χ1) is 7.60. The molecule has 2 N–H and O–H groups in total. The van der Waals surface area contributed by atoms with Crippen LogP contribution in [-0.2, 0) is 4.79 Å². The number of nitrogen functional groups attached to an aromatic ring is 1. The Bertz CT molecular complexity index is 426. The quantitative estimate of drug-likeness (QED) is 0.804. The van der Waals surface area contributed by atoms with E-state index in [1.165, 1.54) is 18.1 Å². The number of amides is 1. The summed E-state index contributed by atoms with van der Waals surface area (Å²) in [4.78, 5) is 21.4. The van der Waals surface area contributed by atoms with E-state index >= 15 is 0 Å². The zero-order valence-corrected chi connectivity index (χ0v) is 10.3. The van der Waals surface area contributed by atoms with Gasteiger partial charge in [0.2, 0.25) is 17.7 Å². The Kier molecular flexibility index (Phi) is 2.95. The van der Waals surface area contributed by atoms with Gasteiger partial charge in [0.15, 0.2) is 0 Å². The zero-order chi connectivity index (χ0) is 11.7. The highest BCUT2D eigenvalue weighted by Crippen LogP contribution is 2.24. The lowest BCUT2D eigenvalue weighted by atomic mass is 10.4. The number of halogens is 1. The molecule has 6 nitrogen and oxygen atoms in total. The Labute approximate surface area is 101 Å². The van der Waals surface area contributed by atoms with Crippen LogP contribution in [0.5, 0.6) is 5.88 Å². The van der Waals surface area contributed by atoms with E-state index in [-0.39, 0.29) is 16.6 Å². The fourth-order valence-corrected chi connectivity index (χ4v) is 2.08. The average molecular weight is 287 g/mol. The third kappa shape index (κ3) is 2.08. The van der Waals surface area contributed by atoms with Gasteiger partial charge in [-0.25, -0.2) is 0 Å². The molecule has 1 unspecified atom stereocenters. The van der Waals surface area contributed by atoms with Crippen molar-refractivity contribution in [1.29, 1.82) is 0 Å². The van der Waals surface area contributed by atoms with Crippen LogP contribution in [0, 0.1) is 0 Å². The predicted octanol–water partition coefficient (Wildman–Crippen LogP) is 0.568. The number of rotatable bonds is 2. The van der Waals surface area contributed by atoms with Gasteiger partial charge in [-0.15, -0.1) is 0 Å². The van der Waals surface area contributed by atoms with Gasteiger partial charge in [0.25, 0.3) is 0 Å². The van der Waals surface area contributed by atoms with E-state index in [4.69, 9.17) is 10.5 Å². The molecule has 7 heteroatoms. The van der Waals surface area contributed by atoms with Crippen molar-refractivity contribution < 1.29 is 9.53 Å². The minimum atomic E-state index is -0.0190. The maximum atomic E-state index is 11.6. The highest BCUT2D eigenvalue weighted by molar-refractivity contribution is 9.09. The molecule has 0 bridgehead atoms. The maximum absolute atomic E-state index is 11.6. The number of nitrogens with zero attached hydrogens (tertiary/aromatic N) is 3. The molecule has 1 saturated heterocycles. The molecule has 2 heterocycles. The van der Waals surface area contributed by atoms with Gasteiger partial charge in [-0.1, -0.05) is 15.9 Å². The molecule has 0 spiro atoms. The van der Waals surface area contributed by atoms with Crippen LogP contribution < -0.4 is 15.4 Å². The number of alkyl halides is 1. The summed E-state index contributed by atoms with van der Waals surface area (Å²) in [5.74, 6) is 0.916. The number of aromatic nitrogens is 2. The molecular formula is C9H11BrN4O2. The van der Waals surface area contributed by atoms with Gasteiger partial charge in [0.1, 0.15) is 5.82 Å². The molecule has 0 aromatic carbocycles. The first-order valence-corrected chi connectivity index (χ1v) is 5.64. The van der Waals surface area contributed by atoms with Gasteiger partial charge in [-0.05, 0) is 0 Å². The molecule has 0 aliphatic carbocycles. The van der Waals surface area contributed by atoms with Crippen molar-refractivity contribution in [1.82, 2.24) is 9.97 Å². The fraction of sp³-hybridized carbons (Fsp3) is 0.444. The van der Waals surface area contributed by atoms with Crippen LogP contribution in [0.3, 0.4) is 0 Å². The van der Waals surface area contributed by atoms with E-state index in [1.54, 1.807) is 0 Å². The van der Waals surface area contributed by atoms with Crippen LogP contribution in [0.1, 0.15) is 6.42 Å². The van der Waals surface area contributed by atoms with Crippen LogP contribution in [0.4, 0.5) is 11.8 Å². The molecule has 0 saturated carbocycles. The smallest absolute Gasteiger partial charge is 0.237 e. The second-order valence-corrected chi connectivity index (χ2v) is 4.74. The van der Waals surface area contributed by atoms with Crippen LogP contribution in [0.15, 0.2) is 6.07 Å². The van der Waals surface area contributed by atoms with Gasteiger partial charge in [0, 0.05) is 23.9 Å². The number of hydrogen-bond donors (Lipinski definition) is 1. The first kappa shape index (κ1) is 11.1. The third-order valence-corrected chi connectivity index (χ3v) is 2.85. The van der Waals surface area contributed by atoms with Gasteiger partial charge in [-0.3, -0.25) is 9.69 Å². The predicted molar refractivity (Wildman–Crippen MR) is 62.7 cm³/mol. The minimum Gasteiger partial charge on any atom is -0.481 e. The fourth-order valence-electron chi connectivity index (χ4n) is 1.51. The van der Waals surface area contributed by atoms with Gasteiger partial charge in [-0.2, -0.15) is 9.97 Å². The highest BCUT2D eigenvalue weighted by atomic mass is 79.9. The van der Waals surface area contributed by atoms with E-state index < -0.39 is 0 Å². The van der Waals surface area contributed by atoms with Crippen molar-refractivity contribution in [2.24, 2.45) is 0 Å². The zero-order valence-electron chi connectivity index (χ0n) is 8.68.